The van der Waals surface area contributed by atoms with Crippen molar-refractivity contribution in [3.8, 4) is 5.75 Å². The fraction of sp³-hybridized carbons (Fsp3) is 0.500. The number of aryl methyl sites for hydroxylation is 1. The molecule has 0 bridgehead atoms. The van der Waals surface area contributed by atoms with Crippen LogP contribution < -0.4 is 10.1 Å². The van der Waals surface area contributed by atoms with Gasteiger partial charge in [-0.2, -0.15) is 0 Å². The smallest absolute Gasteiger partial charge is 0.122 e. The van der Waals surface area contributed by atoms with Crippen LogP contribution in [0.5, 0.6) is 5.75 Å². The van der Waals surface area contributed by atoms with Crippen molar-refractivity contribution in [3.05, 3.63) is 28.8 Å². The molecular weight excluding hydrogens is 174 g/mol. The van der Waals surface area contributed by atoms with Crippen molar-refractivity contribution in [2.45, 2.75) is 26.3 Å². The Morgan fingerprint density at radius 1 is 1.36 bits per heavy atom. The van der Waals surface area contributed by atoms with Gasteiger partial charge in [-0.15, -0.1) is 0 Å². The number of hydrogen-bond donors (Lipinski definition) is 1. The lowest BCUT2D eigenvalue weighted by Gasteiger charge is -2.19. The normalized spacial score (nSPS) is 15.0. The number of fused-ring (bicyclic) bond motifs is 1. The van der Waals surface area contributed by atoms with E-state index < -0.39 is 0 Å². The molecule has 2 rings (SSSR count). The second-order valence-electron chi connectivity index (χ2n) is 3.71. The van der Waals surface area contributed by atoms with Gasteiger partial charge in [-0.05, 0) is 42.1 Å². The van der Waals surface area contributed by atoms with Crippen molar-refractivity contribution in [2.75, 3.05) is 13.7 Å². The minimum atomic E-state index is 0.982. The van der Waals surface area contributed by atoms with E-state index in [0.717, 1.165) is 31.7 Å². The average molecular weight is 191 g/mol. The lowest BCUT2D eigenvalue weighted by Crippen LogP contribution is -2.23. The van der Waals surface area contributed by atoms with Crippen LogP contribution in [0.15, 0.2) is 12.1 Å². The molecule has 2 nitrogen and oxygen atoms in total. The first-order valence-corrected chi connectivity index (χ1v) is 5.24. The summed E-state index contributed by atoms with van der Waals surface area (Å²) in [6, 6.07) is 4.48. The topological polar surface area (TPSA) is 21.3 Å². The van der Waals surface area contributed by atoms with E-state index in [4.69, 9.17) is 4.74 Å². The zero-order valence-corrected chi connectivity index (χ0v) is 8.89. The third kappa shape index (κ3) is 1.62. The molecule has 0 fully saturated rings. The van der Waals surface area contributed by atoms with Gasteiger partial charge in [0, 0.05) is 6.54 Å². The third-order valence-electron chi connectivity index (χ3n) is 2.87. The molecule has 1 aliphatic heterocycles. The number of ether oxygens (including phenoxy) is 1. The van der Waals surface area contributed by atoms with Crippen molar-refractivity contribution in [1.29, 1.82) is 0 Å². The van der Waals surface area contributed by atoms with Gasteiger partial charge in [0.2, 0.25) is 0 Å². The molecule has 1 aromatic rings. The SMILES string of the molecule is CCc1cc2c(cc1OC)CNCC2. The summed E-state index contributed by atoms with van der Waals surface area (Å²) in [5, 5.41) is 3.37. The molecule has 0 saturated heterocycles. The molecule has 14 heavy (non-hydrogen) atoms. The van der Waals surface area contributed by atoms with Gasteiger partial charge >= 0.3 is 0 Å². The molecule has 0 aromatic heterocycles. The molecule has 0 atom stereocenters. The van der Waals surface area contributed by atoms with E-state index in [0.29, 0.717) is 0 Å². The van der Waals surface area contributed by atoms with Crippen LogP contribution in [0.1, 0.15) is 23.6 Å². The molecule has 1 aliphatic rings. The van der Waals surface area contributed by atoms with Crippen LogP contribution in [-0.2, 0) is 19.4 Å². The molecule has 0 radical (unpaired) electrons. The summed E-state index contributed by atoms with van der Waals surface area (Å²) in [4.78, 5) is 0. The predicted octanol–water partition coefficient (Wildman–Crippen LogP) is 1.90. The molecule has 0 saturated carbocycles. The van der Waals surface area contributed by atoms with Gasteiger partial charge in [-0.3, -0.25) is 0 Å². The van der Waals surface area contributed by atoms with Crippen LogP contribution >= 0.6 is 0 Å². The van der Waals surface area contributed by atoms with Gasteiger partial charge in [0.25, 0.3) is 0 Å². The van der Waals surface area contributed by atoms with E-state index >= 15 is 0 Å². The first-order valence-electron chi connectivity index (χ1n) is 5.24. The molecule has 0 aliphatic carbocycles. The third-order valence-corrected chi connectivity index (χ3v) is 2.87. The van der Waals surface area contributed by atoms with E-state index in [1.165, 1.54) is 16.7 Å². The maximum absolute atomic E-state index is 5.37. The molecule has 76 valence electrons. The number of rotatable bonds is 2. The Kier molecular flexibility index (Phi) is 2.73. The van der Waals surface area contributed by atoms with Crippen LogP contribution in [0.3, 0.4) is 0 Å². The summed E-state index contributed by atoms with van der Waals surface area (Å²) in [5.41, 5.74) is 4.21. The molecule has 0 amide bonds. The summed E-state index contributed by atoms with van der Waals surface area (Å²) in [5.74, 6) is 1.04. The van der Waals surface area contributed by atoms with Gasteiger partial charge in [-0.1, -0.05) is 13.0 Å². The summed E-state index contributed by atoms with van der Waals surface area (Å²) < 4.78 is 5.37. The Morgan fingerprint density at radius 3 is 2.93 bits per heavy atom. The molecule has 2 heteroatoms. The fourth-order valence-electron chi connectivity index (χ4n) is 2.03. The second-order valence-corrected chi connectivity index (χ2v) is 3.71. The highest BCUT2D eigenvalue weighted by Crippen LogP contribution is 2.25. The van der Waals surface area contributed by atoms with Gasteiger partial charge in [-0.25, -0.2) is 0 Å². The van der Waals surface area contributed by atoms with Crippen LogP contribution in [0.25, 0.3) is 0 Å². The van der Waals surface area contributed by atoms with Crippen molar-refractivity contribution >= 4 is 0 Å². The predicted molar refractivity (Wildman–Crippen MR) is 57.8 cm³/mol. The lowest BCUT2D eigenvalue weighted by molar-refractivity contribution is 0.408. The summed E-state index contributed by atoms with van der Waals surface area (Å²) in [6.45, 7) is 4.25. The van der Waals surface area contributed by atoms with Crippen molar-refractivity contribution in [1.82, 2.24) is 5.32 Å². The van der Waals surface area contributed by atoms with E-state index in [1.54, 1.807) is 7.11 Å². The van der Waals surface area contributed by atoms with Crippen LogP contribution in [-0.4, -0.2) is 13.7 Å². The van der Waals surface area contributed by atoms with Gasteiger partial charge in [0.15, 0.2) is 0 Å². The van der Waals surface area contributed by atoms with Gasteiger partial charge in [0.05, 0.1) is 7.11 Å². The Hall–Kier alpha value is -1.02. The largest absolute Gasteiger partial charge is 0.496 e. The molecule has 1 aromatic carbocycles. The first-order chi connectivity index (χ1) is 6.85. The van der Waals surface area contributed by atoms with Crippen molar-refractivity contribution in [3.63, 3.8) is 0 Å². The highest BCUT2D eigenvalue weighted by atomic mass is 16.5. The van der Waals surface area contributed by atoms with E-state index in [2.05, 4.69) is 24.4 Å². The van der Waals surface area contributed by atoms with E-state index in [-0.39, 0.29) is 0 Å². The van der Waals surface area contributed by atoms with Crippen LogP contribution in [0, 0.1) is 0 Å². The Bertz CT molecular complexity index is 289. The maximum atomic E-state index is 5.37. The van der Waals surface area contributed by atoms with Crippen molar-refractivity contribution < 1.29 is 4.74 Å². The monoisotopic (exact) mass is 191 g/mol. The minimum absolute atomic E-state index is 0.982. The van der Waals surface area contributed by atoms with E-state index in [9.17, 15) is 0 Å². The molecule has 0 unspecified atom stereocenters. The maximum Gasteiger partial charge on any atom is 0.122 e. The van der Waals surface area contributed by atoms with E-state index in [1.807, 2.05) is 0 Å². The molecule has 0 spiro atoms. The van der Waals surface area contributed by atoms with Gasteiger partial charge < -0.3 is 10.1 Å². The summed E-state index contributed by atoms with van der Waals surface area (Å²) in [7, 11) is 1.75. The standard InChI is InChI=1S/C12H17NO/c1-3-9-6-10-4-5-13-8-11(10)7-12(9)14-2/h6-7,13H,3-5,8H2,1-2H3. The number of methoxy groups -OCH3 is 1. The highest BCUT2D eigenvalue weighted by Gasteiger charge is 2.12. The van der Waals surface area contributed by atoms with Crippen molar-refractivity contribution in [2.24, 2.45) is 0 Å². The average Bonchev–Trinajstić information content (AvgIpc) is 2.27. The number of benzene rings is 1. The summed E-state index contributed by atoms with van der Waals surface area (Å²) >= 11 is 0. The zero-order valence-electron chi connectivity index (χ0n) is 8.89. The number of nitrogens with one attached hydrogen (secondary N) is 1. The molecule has 1 heterocycles. The Balaban J connectivity index is 2.43. The highest BCUT2D eigenvalue weighted by molar-refractivity contribution is 5.43. The Morgan fingerprint density at radius 2 is 2.21 bits per heavy atom. The zero-order chi connectivity index (χ0) is 9.97. The number of hydrogen-bond acceptors (Lipinski definition) is 2. The quantitative estimate of drug-likeness (QED) is 0.771. The van der Waals surface area contributed by atoms with Crippen LogP contribution in [0.4, 0.5) is 0 Å². The molecule has 1 N–H and O–H groups in total. The minimum Gasteiger partial charge on any atom is -0.496 e. The van der Waals surface area contributed by atoms with Crippen LogP contribution in [0.2, 0.25) is 0 Å². The second kappa shape index (κ2) is 4.01. The first kappa shape index (κ1) is 9.53. The fourth-order valence-corrected chi connectivity index (χ4v) is 2.03. The molecular formula is C12H17NO. The lowest BCUT2D eigenvalue weighted by atomic mass is 9.97. The van der Waals surface area contributed by atoms with Gasteiger partial charge in [0.1, 0.15) is 5.75 Å². The summed E-state index contributed by atoms with van der Waals surface area (Å²) in [6.07, 6.45) is 2.19. The Labute approximate surface area is 85.3 Å².